The van der Waals surface area contributed by atoms with E-state index >= 15 is 0 Å². The highest BCUT2D eigenvalue weighted by molar-refractivity contribution is 7.99. The van der Waals surface area contributed by atoms with E-state index < -0.39 is 11.9 Å². The second-order valence-corrected chi connectivity index (χ2v) is 5.73. The zero-order chi connectivity index (χ0) is 15.3. The Morgan fingerprint density at radius 2 is 1.90 bits per heavy atom. The van der Waals surface area contributed by atoms with Crippen molar-refractivity contribution in [3.05, 3.63) is 54.4 Å². The Labute approximate surface area is 127 Å². The number of hydrogen-bond acceptors (Lipinski definition) is 3. The van der Waals surface area contributed by atoms with E-state index in [1.54, 1.807) is 36.7 Å². The van der Waals surface area contributed by atoms with Crippen LogP contribution in [0.2, 0.25) is 0 Å². The number of hydrogen-bond donors (Lipinski definition) is 0. The predicted octanol–water partition coefficient (Wildman–Crippen LogP) is 4.69. The fourth-order valence-electron chi connectivity index (χ4n) is 1.53. The molecular formula is C14H12F3N2PS. The summed E-state index contributed by atoms with van der Waals surface area (Å²) in [6, 6.07) is 10.4. The van der Waals surface area contributed by atoms with Gasteiger partial charge >= 0.3 is 6.18 Å². The first kappa shape index (κ1) is 16.0. The summed E-state index contributed by atoms with van der Waals surface area (Å²) in [7, 11) is 2.52. The molecule has 7 heteroatoms. The molecule has 0 N–H and O–H groups in total. The average molecular weight is 328 g/mol. The van der Waals surface area contributed by atoms with Gasteiger partial charge in [-0.15, -0.1) is 11.8 Å². The van der Waals surface area contributed by atoms with Crippen LogP contribution in [0.1, 0.15) is 5.56 Å². The lowest BCUT2D eigenvalue weighted by molar-refractivity contribution is -0.105. The van der Waals surface area contributed by atoms with E-state index in [1.165, 1.54) is 0 Å². The third-order valence-corrected chi connectivity index (χ3v) is 3.97. The number of aromatic nitrogens is 1. The normalized spacial score (nSPS) is 12.5. The van der Waals surface area contributed by atoms with Gasteiger partial charge in [-0.3, -0.25) is 4.98 Å². The Kier molecular flexibility index (Phi) is 5.37. The lowest BCUT2D eigenvalue weighted by Crippen LogP contribution is -2.10. The van der Waals surface area contributed by atoms with Crippen molar-refractivity contribution in [2.24, 2.45) is 4.99 Å². The van der Waals surface area contributed by atoms with Gasteiger partial charge in [0.15, 0.2) is 0 Å². The van der Waals surface area contributed by atoms with Crippen molar-refractivity contribution >= 4 is 32.1 Å². The zero-order valence-electron chi connectivity index (χ0n) is 10.8. The molecule has 0 saturated carbocycles. The zero-order valence-corrected chi connectivity index (χ0v) is 12.8. The summed E-state index contributed by atoms with van der Waals surface area (Å²) in [5.41, 5.74) is 2.21. The van der Waals surface area contributed by atoms with Gasteiger partial charge in [-0.2, -0.15) is 13.2 Å². The van der Waals surface area contributed by atoms with Crippen LogP contribution in [-0.2, 0) is 0 Å². The molecule has 1 aromatic heterocycles. The second-order valence-electron chi connectivity index (χ2n) is 4.13. The number of thioether (sulfide) groups is 1. The van der Waals surface area contributed by atoms with Crippen molar-refractivity contribution in [1.82, 2.24) is 4.98 Å². The molecule has 0 aliphatic heterocycles. The Morgan fingerprint density at radius 3 is 2.57 bits per heavy atom. The molecule has 1 aromatic carbocycles. The number of alkyl halides is 3. The summed E-state index contributed by atoms with van der Waals surface area (Å²) in [5, 5.41) is 0. The van der Waals surface area contributed by atoms with Gasteiger partial charge in [0, 0.05) is 22.9 Å². The van der Waals surface area contributed by atoms with Crippen LogP contribution in [0.5, 0.6) is 0 Å². The maximum Gasteiger partial charge on any atom is 0.398 e. The first-order chi connectivity index (χ1) is 9.94. The number of pyridine rings is 1. The minimum absolute atomic E-state index is 0.543. The van der Waals surface area contributed by atoms with Crippen molar-refractivity contribution in [2.75, 3.05) is 5.75 Å². The van der Waals surface area contributed by atoms with Crippen molar-refractivity contribution in [3.63, 3.8) is 0 Å². The van der Waals surface area contributed by atoms with Crippen molar-refractivity contribution in [2.45, 2.75) is 11.1 Å². The van der Waals surface area contributed by atoms with E-state index in [0.29, 0.717) is 16.0 Å². The molecule has 110 valence electrons. The first-order valence-electron chi connectivity index (χ1n) is 5.98. The maximum atomic E-state index is 12.2. The molecular weight excluding hydrogens is 316 g/mol. The Hall–Kier alpha value is -1.39. The molecule has 0 amide bonds. The smallest absolute Gasteiger partial charge is 0.265 e. The third kappa shape index (κ3) is 5.48. The van der Waals surface area contributed by atoms with Crippen molar-refractivity contribution < 1.29 is 13.2 Å². The standard InChI is InChI=1S/C14H12F3N2PS/c15-14(16,17)9-21-12-3-1-2-11(8-12)19-13(20)10-4-6-18-7-5-10/h1-8H,9,20H2. The predicted molar refractivity (Wildman–Crippen MR) is 83.4 cm³/mol. The van der Waals surface area contributed by atoms with E-state index in [1.807, 2.05) is 12.1 Å². The van der Waals surface area contributed by atoms with Gasteiger partial charge in [-0.25, -0.2) is 4.99 Å². The molecule has 2 nitrogen and oxygen atoms in total. The molecule has 21 heavy (non-hydrogen) atoms. The summed E-state index contributed by atoms with van der Waals surface area (Å²) in [4.78, 5) is 8.86. The van der Waals surface area contributed by atoms with Crippen molar-refractivity contribution in [1.29, 1.82) is 0 Å². The number of rotatable bonds is 4. The summed E-state index contributed by atoms with van der Waals surface area (Å²) in [6.07, 6.45) is -0.859. The Balaban J connectivity index is 2.14. The quantitative estimate of drug-likeness (QED) is 0.462. The van der Waals surface area contributed by atoms with E-state index in [2.05, 4.69) is 19.2 Å². The van der Waals surface area contributed by atoms with Gasteiger partial charge in [0.2, 0.25) is 0 Å². The van der Waals surface area contributed by atoms with Crippen LogP contribution < -0.4 is 0 Å². The van der Waals surface area contributed by atoms with Gasteiger partial charge in [-0.05, 0) is 30.3 Å². The third-order valence-electron chi connectivity index (χ3n) is 2.45. The van der Waals surface area contributed by atoms with Crippen LogP contribution in [0.25, 0.3) is 0 Å². The van der Waals surface area contributed by atoms with Crippen molar-refractivity contribution in [3.8, 4) is 0 Å². The fourth-order valence-corrected chi connectivity index (χ4v) is 2.59. The van der Waals surface area contributed by atoms with Crippen LogP contribution in [-0.4, -0.2) is 22.4 Å². The van der Waals surface area contributed by atoms with E-state index in [9.17, 15) is 13.2 Å². The largest absolute Gasteiger partial charge is 0.398 e. The van der Waals surface area contributed by atoms with Gasteiger partial charge in [0.25, 0.3) is 0 Å². The molecule has 0 fully saturated rings. The highest BCUT2D eigenvalue weighted by Crippen LogP contribution is 2.29. The number of halogens is 3. The van der Waals surface area contributed by atoms with Crippen LogP contribution in [0.15, 0.2) is 58.7 Å². The molecule has 1 atom stereocenters. The topological polar surface area (TPSA) is 25.2 Å². The molecule has 0 saturated heterocycles. The van der Waals surface area contributed by atoms with Crippen LogP contribution in [0.4, 0.5) is 18.9 Å². The molecule has 0 spiro atoms. The lowest BCUT2D eigenvalue weighted by atomic mass is 10.3. The summed E-state index contributed by atoms with van der Waals surface area (Å²) < 4.78 is 36.6. The van der Waals surface area contributed by atoms with Crippen LogP contribution >= 0.6 is 21.0 Å². The van der Waals surface area contributed by atoms with Gasteiger partial charge in [0.05, 0.1) is 16.9 Å². The first-order valence-corrected chi connectivity index (χ1v) is 7.54. The Morgan fingerprint density at radius 1 is 1.19 bits per heavy atom. The molecule has 2 rings (SSSR count). The molecule has 0 aliphatic rings. The highest BCUT2D eigenvalue weighted by atomic mass is 32.2. The summed E-state index contributed by atoms with van der Waals surface area (Å²) >= 11 is 0.753. The molecule has 0 aliphatic carbocycles. The molecule has 1 unspecified atom stereocenters. The number of benzene rings is 1. The monoisotopic (exact) mass is 328 g/mol. The van der Waals surface area contributed by atoms with Gasteiger partial charge in [0.1, 0.15) is 0 Å². The molecule has 2 aromatic rings. The molecule has 0 radical (unpaired) electrons. The van der Waals surface area contributed by atoms with Gasteiger partial charge < -0.3 is 0 Å². The molecule has 1 heterocycles. The lowest BCUT2D eigenvalue weighted by Gasteiger charge is -2.06. The Bertz CT molecular complexity index is 630. The highest BCUT2D eigenvalue weighted by Gasteiger charge is 2.27. The summed E-state index contributed by atoms with van der Waals surface area (Å²) in [6.45, 7) is 0. The van der Waals surface area contributed by atoms with E-state index in [0.717, 1.165) is 17.3 Å². The van der Waals surface area contributed by atoms with Gasteiger partial charge in [-0.1, -0.05) is 15.3 Å². The maximum absolute atomic E-state index is 12.2. The minimum atomic E-state index is -4.17. The number of nitrogens with zero attached hydrogens (tertiary/aromatic N) is 2. The second kappa shape index (κ2) is 7.05. The number of aliphatic imine (C=N–C) groups is 1. The molecule has 0 bridgehead atoms. The van der Waals surface area contributed by atoms with Crippen LogP contribution in [0.3, 0.4) is 0 Å². The van der Waals surface area contributed by atoms with Crippen LogP contribution in [0, 0.1) is 0 Å². The SMILES string of the molecule is FC(F)(F)CSc1cccc(N=C(P)c2ccncc2)c1. The summed E-state index contributed by atoms with van der Waals surface area (Å²) in [5.74, 6) is -0.905. The van der Waals surface area contributed by atoms with E-state index in [-0.39, 0.29) is 0 Å². The average Bonchev–Trinajstić information content (AvgIpc) is 2.46. The fraction of sp³-hybridized carbons (Fsp3) is 0.143. The van der Waals surface area contributed by atoms with E-state index in [4.69, 9.17) is 0 Å². The minimum Gasteiger partial charge on any atom is -0.265 e.